The van der Waals surface area contributed by atoms with Gasteiger partial charge in [0.25, 0.3) is 0 Å². The Morgan fingerprint density at radius 2 is 2.32 bits per heavy atom. The number of rotatable bonds is 4. The first-order chi connectivity index (χ1) is 9.26. The molecule has 0 amide bonds. The van der Waals surface area contributed by atoms with Gasteiger partial charge in [-0.2, -0.15) is 0 Å². The van der Waals surface area contributed by atoms with Crippen LogP contribution in [-0.4, -0.2) is 44.2 Å². The zero-order valence-electron chi connectivity index (χ0n) is 11.2. The molecular formula is C15H21BrN2O. The molecule has 1 N–H and O–H groups in total. The second-order valence-corrected chi connectivity index (χ2v) is 6.67. The van der Waals surface area contributed by atoms with Crippen molar-refractivity contribution >= 4 is 15.9 Å². The molecular weight excluding hydrogens is 304 g/mol. The topological polar surface area (TPSA) is 24.5 Å². The first-order valence-electron chi connectivity index (χ1n) is 7.07. The van der Waals surface area contributed by atoms with Gasteiger partial charge in [0, 0.05) is 24.1 Å². The largest absolute Gasteiger partial charge is 0.492 e. The highest BCUT2D eigenvalue weighted by Crippen LogP contribution is 2.35. The molecule has 104 valence electrons. The van der Waals surface area contributed by atoms with Crippen LogP contribution in [-0.2, 0) is 0 Å². The lowest BCUT2D eigenvalue weighted by Crippen LogP contribution is -2.31. The number of ether oxygens (including phenoxy) is 1. The maximum Gasteiger partial charge on any atom is 0.120 e. The molecule has 1 atom stereocenters. The van der Waals surface area contributed by atoms with Gasteiger partial charge in [0.05, 0.1) is 0 Å². The number of hydrogen-bond donors (Lipinski definition) is 1. The van der Waals surface area contributed by atoms with Crippen LogP contribution in [0.2, 0.25) is 0 Å². The van der Waals surface area contributed by atoms with E-state index in [1.165, 1.54) is 39.0 Å². The Labute approximate surface area is 123 Å². The van der Waals surface area contributed by atoms with Crippen molar-refractivity contribution in [2.75, 3.05) is 39.3 Å². The van der Waals surface area contributed by atoms with Crippen LogP contribution in [0.3, 0.4) is 0 Å². The molecule has 3 nitrogen and oxygen atoms in total. The van der Waals surface area contributed by atoms with Crippen LogP contribution in [0.4, 0.5) is 0 Å². The molecule has 1 aromatic rings. The van der Waals surface area contributed by atoms with Crippen LogP contribution in [0.1, 0.15) is 12.8 Å². The molecule has 4 heteroatoms. The third-order valence-corrected chi connectivity index (χ3v) is 4.82. The highest BCUT2D eigenvalue weighted by atomic mass is 79.9. The molecule has 0 saturated carbocycles. The zero-order valence-corrected chi connectivity index (χ0v) is 12.8. The van der Waals surface area contributed by atoms with E-state index in [2.05, 4.69) is 26.1 Å². The van der Waals surface area contributed by atoms with E-state index in [0.717, 1.165) is 23.4 Å². The monoisotopic (exact) mass is 324 g/mol. The average Bonchev–Trinajstić information content (AvgIpc) is 3.01. The van der Waals surface area contributed by atoms with Gasteiger partial charge in [-0.3, -0.25) is 4.90 Å². The van der Waals surface area contributed by atoms with Gasteiger partial charge in [-0.1, -0.05) is 22.0 Å². The molecule has 0 aliphatic carbocycles. The van der Waals surface area contributed by atoms with Crippen LogP contribution in [0, 0.1) is 5.41 Å². The van der Waals surface area contributed by atoms with Crippen LogP contribution < -0.4 is 10.1 Å². The summed E-state index contributed by atoms with van der Waals surface area (Å²) < 4.78 is 6.88. The quantitative estimate of drug-likeness (QED) is 0.921. The molecule has 1 unspecified atom stereocenters. The summed E-state index contributed by atoms with van der Waals surface area (Å²) in [6.07, 6.45) is 2.69. The normalized spacial score (nSPS) is 27.2. The summed E-state index contributed by atoms with van der Waals surface area (Å²) >= 11 is 3.46. The number of halogens is 1. The van der Waals surface area contributed by atoms with Crippen molar-refractivity contribution in [3.63, 3.8) is 0 Å². The summed E-state index contributed by atoms with van der Waals surface area (Å²) in [5, 5.41) is 3.50. The van der Waals surface area contributed by atoms with Gasteiger partial charge < -0.3 is 10.1 Å². The smallest absolute Gasteiger partial charge is 0.120 e. The SMILES string of the molecule is Brc1cccc(OCCN2CCC3(CCNC3)C2)c1. The van der Waals surface area contributed by atoms with Gasteiger partial charge in [-0.25, -0.2) is 0 Å². The molecule has 1 spiro atoms. The van der Waals surface area contributed by atoms with Crippen LogP contribution in [0.15, 0.2) is 28.7 Å². The minimum Gasteiger partial charge on any atom is -0.492 e. The van der Waals surface area contributed by atoms with Crippen LogP contribution >= 0.6 is 15.9 Å². The molecule has 1 aromatic carbocycles. The predicted octanol–water partition coefficient (Wildman–Crippen LogP) is 2.51. The van der Waals surface area contributed by atoms with Crippen LogP contribution in [0.25, 0.3) is 0 Å². The Morgan fingerprint density at radius 1 is 1.37 bits per heavy atom. The van der Waals surface area contributed by atoms with E-state index in [9.17, 15) is 0 Å². The fourth-order valence-electron chi connectivity index (χ4n) is 3.21. The Balaban J connectivity index is 1.43. The molecule has 0 aromatic heterocycles. The molecule has 2 saturated heterocycles. The van der Waals surface area contributed by atoms with Crippen molar-refractivity contribution in [1.82, 2.24) is 10.2 Å². The van der Waals surface area contributed by atoms with Crippen molar-refractivity contribution in [2.45, 2.75) is 12.8 Å². The average molecular weight is 325 g/mol. The molecule has 2 aliphatic rings. The third-order valence-electron chi connectivity index (χ3n) is 4.32. The summed E-state index contributed by atoms with van der Waals surface area (Å²) in [6.45, 7) is 6.68. The summed E-state index contributed by atoms with van der Waals surface area (Å²) in [6, 6.07) is 8.06. The van der Waals surface area contributed by atoms with Crippen molar-refractivity contribution in [1.29, 1.82) is 0 Å². The Kier molecular flexibility index (Phi) is 4.10. The zero-order chi connectivity index (χ0) is 13.1. The van der Waals surface area contributed by atoms with Crippen molar-refractivity contribution in [3.8, 4) is 5.75 Å². The van der Waals surface area contributed by atoms with Gasteiger partial charge in [0.15, 0.2) is 0 Å². The van der Waals surface area contributed by atoms with Gasteiger partial charge >= 0.3 is 0 Å². The maximum atomic E-state index is 5.81. The Morgan fingerprint density at radius 3 is 3.11 bits per heavy atom. The van der Waals surface area contributed by atoms with E-state index in [1.807, 2.05) is 24.3 Å². The second-order valence-electron chi connectivity index (χ2n) is 5.76. The molecule has 2 aliphatic heterocycles. The Hall–Kier alpha value is -0.580. The molecule has 2 heterocycles. The first-order valence-corrected chi connectivity index (χ1v) is 7.87. The van der Waals surface area contributed by atoms with E-state index in [1.54, 1.807) is 0 Å². The molecule has 0 radical (unpaired) electrons. The summed E-state index contributed by atoms with van der Waals surface area (Å²) in [4.78, 5) is 2.55. The van der Waals surface area contributed by atoms with E-state index in [-0.39, 0.29) is 0 Å². The standard InChI is InChI=1S/C15H21BrN2O/c16-13-2-1-3-14(10-13)19-9-8-18-7-5-15(12-18)4-6-17-11-15/h1-3,10,17H,4-9,11-12H2. The summed E-state index contributed by atoms with van der Waals surface area (Å²) in [7, 11) is 0. The number of nitrogens with zero attached hydrogens (tertiary/aromatic N) is 1. The lowest BCUT2D eigenvalue weighted by atomic mass is 9.87. The lowest BCUT2D eigenvalue weighted by molar-refractivity contribution is 0.217. The van der Waals surface area contributed by atoms with Crippen molar-refractivity contribution < 1.29 is 4.74 Å². The van der Waals surface area contributed by atoms with Gasteiger partial charge in [-0.15, -0.1) is 0 Å². The summed E-state index contributed by atoms with van der Waals surface area (Å²) in [5.74, 6) is 0.950. The van der Waals surface area contributed by atoms with Crippen molar-refractivity contribution in [3.05, 3.63) is 28.7 Å². The fraction of sp³-hybridized carbons (Fsp3) is 0.600. The van der Waals surface area contributed by atoms with Crippen LogP contribution in [0.5, 0.6) is 5.75 Å². The molecule has 2 fully saturated rings. The van der Waals surface area contributed by atoms with E-state index in [0.29, 0.717) is 5.41 Å². The van der Waals surface area contributed by atoms with Gasteiger partial charge in [0.2, 0.25) is 0 Å². The number of benzene rings is 1. The maximum absolute atomic E-state index is 5.81. The third kappa shape index (κ3) is 3.30. The predicted molar refractivity (Wildman–Crippen MR) is 80.6 cm³/mol. The van der Waals surface area contributed by atoms with Crippen molar-refractivity contribution in [2.24, 2.45) is 5.41 Å². The molecule has 0 bridgehead atoms. The van der Waals surface area contributed by atoms with E-state index in [4.69, 9.17) is 4.74 Å². The summed E-state index contributed by atoms with van der Waals surface area (Å²) in [5.41, 5.74) is 0.565. The number of hydrogen-bond acceptors (Lipinski definition) is 3. The molecule has 19 heavy (non-hydrogen) atoms. The van der Waals surface area contributed by atoms with Gasteiger partial charge in [0.1, 0.15) is 12.4 Å². The first kappa shape index (κ1) is 13.4. The minimum absolute atomic E-state index is 0.565. The number of nitrogens with one attached hydrogen (secondary N) is 1. The fourth-order valence-corrected chi connectivity index (χ4v) is 3.59. The molecule has 3 rings (SSSR count). The highest BCUT2D eigenvalue weighted by molar-refractivity contribution is 9.10. The van der Waals surface area contributed by atoms with Gasteiger partial charge in [-0.05, 0) is 49.5 Å². The number of likely N-dealkylation sites (tertiary alicyclic amines) is 1. The minimum atomic E-state index is 0.565. The second kappa shape index (κ2) is 5.81. The highest BCUT2D eigenvalue weighted by Gasteiger charge is 2.39. The van der Waals surface area contributed by atoms with E-state index < -0.39 is 0 Å². The lowest BCUT2D eigenvalue weighted by Gasteiger charge is -2.22. The Bertz CT molecular complexity index is 432. The van der Waals surface area contributed by atoms with E-state index >= 15 is 0 Å².